The lowest BCUT2D eigenvalue weighted by Gasteiger charge is -2.07. The fourth-order valence-corrected chi connectivity index (χ4v) is 2.31. The summed E-state index contributed by atoms with van der Waals surface area (Å²) in [5, 5.41) is 9.44. The molecule has 0 aliphatic carbocycles. The van der Waals surface area contributed by atoms with Crippen LogP contribution in [-0.2, 0) is 14.8 Å². The first-order chi connectivity index (χ1) is 6.83. The molecule has 0 spiro atoms. The van der Waals surface area contributed by atoms with Crippen molar-refractivity contribution in [1.29, 1.82) is 0 Å². The van der Waals surface area contributed by atoms with E-state index >= 15 is 0 Å². The molecule has 15 heavy (non-hydrogen) atoms. The zero-order chi connectivity index (χ0) is 11.6. The summed E-state index contributed by atoms with van der Waals surface area (Å²) in [5.41, 5.74) is 0.279. The largest absolute Gasteiger partial charge is 0.504 e. The van der Waals surface area contributed by atoms with E-state index in [1.54, 1.807) is 0 Å². The Morgan fingerprint density at radius 1 is 1.47 bits per heavy atom. The Labute approximate surface area is 96.8 Å². The molecule has 1 rings (SSSR count). The minimum atomic E-state index is -3.69. The lowest BCUT2D eigenvalue weighted by molar-refractivity contribution is 0.373. The van der Waals surface area contributed by atoms with Crippen LogP contribution < -0.4 is 4.74 Å². The lowest BCUT2D eigenvalue weighted by Crippen LogP contribution is -1.97. The Kier molecular flexibility index (Phi) is 3.70. The van der Waals surface area contributed by atoms with Crippen molar-refractivity contribution < 1.29 is 18.3 Å². The average molecular weight is 271 g/mol. The molecule has 1 N–H and O–H groups in total. The maximum atomic E-state index is 10.8. The second-order valence-corrected chi connectivity index (χ2v) is 5.98. The van der Waals surface area contributed by atoms with Crippen LogP contribution in [0.1, 0.15) is 5.56 Å². The van der Waals surface area contributed by atoms with Crippen molar-refractivity contribution in [3.05, 3.63) is 22.7 Å². The van der Waals surface area contributed by atoms with Crippen LogP contribution in [0.3, 0.4) is 0 Å². The number of phenolic OH excluding ortho intramolecular Hbond substituents is 1. The van der Waals surface area contributed by atoms with E-state index in [1.165, 1.54) is 19.2 Å². The van der Waals surface area contributed by atoms with Crippen molar-refractivity contribution in [1.82, 2.24) is 0 Å². The lowest BCUT2D eigenvalue weighted by atomic mass is 10.2. The van der Waals surface area contributed by atoms with Gasteiger partial charge in [-0.3, -0.25) is 0 Å². The van der Waals surface area contributed by atoms with Gasteiger partial charge < -0.3 is 9.84 Å². The summed E-state index contributed by atoms with van der Waals surface area (Å²) in [7, 11) is 2.75. The van der Waals surface area contributed by atoms with Gasteiger partial charge >= 0.3 is 0 Å². The maximum absolute atomic E-state index is 10.8. The minimum absolute atomic E-state index is 0.123. The van der Waals surface area contributed by atoms with E-state index in [9.17, 15) is 13.5 Å². The molecule has 1 aromatic carbocycles. The minimum Gasteiger partial charge on any atom is -0.504 e. The van der Waals surface area contributed by atoms with Crippen LogP contribution in [0.4, 0.5) is 0 Å². The van der Waals surface area contributed by atoms with E-state index in [4.69, 9.17) is 27.0 Å². The van der Waals surface area contributed by atoms with Crippen LogP contribution in [0.5, 0.6) is 11.5 Å². The number of benzene rings is 1. The van der Waals surface area contributed by atoms with Crippen LogP contribution in [0, 0.1) is 0 Å². The number of hydrogen-bond donors (Lipinski definition) is 1. The molecule has 0 aliphatic rings. The first-order valence-corrected chi connectivity index (χ1v) is 6.67. The highest BCUT2D eigenvalue weighted by molar-refractivity contribution is 8.13. The monoisotopic (exact) mass is 270 g/mol. The van der Waals surface area contributed by atoms with Crippen LogP contribution in [0.25, 0.3) is 0 Å². The third-order valence-electron chi connectivity index (χ3n) is 1.68. The summed E-state index contributed by atoms with van der Waals surface area (Å²) in [4.78, 5) is 0. The number of methoxy groups -OCH3 is 1. The standard InChI is InChI=1S/C8H8Cl2O4S/c1-14-8-2-5(4-15(10,12)13)6(9)3-7(8)11/h2-3,11H,4H2,1H3. The summed E-state index contributed by atoms with van der Waals surface area (Å²) in [6, 6.07) is 2.54. The number of ether oxygens (including phenoxy) is 1. The van der Waals surface area contributed by atoms with Crippen molar-refractivity contribution in [3.8, 4) is 11.5 Å². The van der Waals surface area contributed by atoms with Crippen LogP contribution in [-0.4, -0.2) is 20.6 Å². The predicted octanol–water partition coefficient (Wildman–Crippen LogP) is 2.12. The van der Waals surface area contributed by atoms with Crippen LogP contribution in [0.15, 0.2) is 12.1 Å². The van der Waals surface area contributed by atoms with Crippen molar-refractivity contribution in [2.24, 2.45) is 0 Å². The molecule has 84 valence electrons. The summed E-state index contributed by atoms with van der Waals surface area (Å²) < 4.78 is 26.5. The van der Waals surface area contributed by atoms with E-state index in [0.717, 1.165) is 0 Å². The summed E-state index contributed by atoms with van der Waals surface area (Å²) in [6.07, 6.45) is 0. The van der Waals surface area contributed by atoms with Gasteiger partial charge in [-0.05, 0) is 11.6 Å². The maximum Gasteiger partial charge on any atom is 0.236 e. The second kappa shape index (κ2) is 4.47. The van der Waals surface area contributed by atoms with E-state index in [-0.39, 0.29) is 22.1 Å². The van der Waals surface area contributed by atoms with Gasteiger partial charge in [0.05, 0.1) is 12.9 Å². The smallest absolute Gasteiger partial charge is 0.236 e. The SMILES string of the molecule is COc1cc(CS(=O)(=O)Cl)c(Cl)cc1O. The van der Waals surface area contributed by atoms with Crippen molar-refractivity contribution in [2.75, 3.05) is 7.11 Å². The highest BCUT2D eigenvalue weighted by Gasteiger charge is 2.14. The molecule has 7 heteroatoms. The third kappa shape index (κ3) is 3.44. The van der Waals surface area contributed by atoms with Crippen molar-refractivity contribution in [2.45, 2.75) is 5.75 Å². The van der Waals surface area contributed by atoms with Gasteiger partial charge in [0.25, 0.3) is 0 Å². The number of phenols is 1. The van der Waals surface area contributed by atoms with Gasteiger partial charge in [-0.1, -0.05) is 11.6 Å². The van der Waals surface area contributed by atoms with Gasteiger partial charge in [0.1, 0.15) is 0 Å². The molecule has 0 fully saturated rings. The van der Waals surface area contributed by atoms with Crippen molar-refractivity contribution >= 4 is 31.3 Å². The molecular weight excluding hydrogens is 263 g/mol. The van der Waals surface area contributed by atoms with E-state index in [1.807, 2.05) is 0 Å². The predicted molar refractivity (Wildman–Crippen MR) is 58.1 cm³/mol. The third-order valence-corrected chi connectivity index (χ3v) is 3.01. The van der Waals surface area contributed by atoms with Gasteiger partial charge in [-0.2, -0.15) is 0 Å². The zero-order valence-electron chi connectivity index (χ0n) is 7.70. The summed E-state index contributed by atoms with van der Waals surface area (Å²) in [5.74, 6) is -0.419. The fourth-order valence-electron chi connectivity index (χ4n) is 1.04. The number of aromatic hydroxyl groups is 1. The van der Waals surface area contributed by atoms with Gasteiger partial charge in [-0.15, -0.1) is 0 Å². The molecule has 0 aliphatic heterocycles. The highest BCUT2D eigenvalue weighted by Crippen LogP contribution is 2.33. The summed E-state index contributed by atoms with van der Waals surface area (Å²) in [6.45, 7) is 0. The first-order valence-electron chi connectivity index (χ1n) is 3.81. The Morgan fingerprint density at radius 2 is 2.07 bits per heavy atom. The Hall–Kier alpha value is -0.650. The van der Waals surface area contributed by atoms with Crippen molar-refractivity contribution in [3.63, 3.8) is 0 Å². The number of halogens is 2. The van der Waals surface area contributed by atoms with Gasteiger partial charge in [-0.25, -0.2) is 8.42 Å². The van der Waals surface area contributed by atoms with E-state index in [2.05, 4.69) is 0 Å². The molecule has 0 heterocycles. The highest BCUT2D eigenvalue weighted by atomic mass is 35.7. The quantitative estimate of drug-likeness (QED) is 0.855. The molecule has 0 radical (unpaired) electrons. The molecule has 1 aromatic rings. The summed E-state index contributed by atoms with van der Waals surface area (Å²) >= 11 is 5.73. The van der Waals surface area contributed by atoms with Gasteiger partial charge in [0.2, 0.25) is 9.05 Å². The molecule has 0 atom stereocenters. The van der Waals surface area contributed by atoms with Crippen LogP contribution in [0.2, 0.25) is 5.02 Å². The number of rotatable bonds is 3. The fraction of sp³-hybridized carbons (Fsp3) is 0.250. The Bertz CT molecular complexity index is 470. The molecular formula is C8H8Cl2O4S. The Morgan fingerprint density at radius 3 is 2.53 bits per heavy atom. The molecule has 0 saturated carbocycles. The van der Waals surface area contributed by atoms with Crippen LogP contribution >= 0.6 is 22.3 Å². The Balaban J connectivity index is 3.19. The number of hydrogen-bond acceptors (Lipinski definition) is 4. The molecule has 4 nitrogen and oxygen atoms in total. The van der Waals surface area contributed by atoms with Gasteiger partial charge in [0, 0.05) is 21.8 Å². The normalized spacial score (nSPS) is 11.4. The second-order valence-electron chi connectivity index (χ2n) is 2.80. The molecule has 0 unspecified atom stereocenters. The molecule has 0 amide bonds. The average Bonchev–Trinajstić information content (AvgIpc) is 2.07. The van der Waals surface area contributed by atoms with E-state index in [0.29, 0.717) is 0 Å². The van der Waals surface area contributed by atoms with E-state index < -0.39 is 14.8 Å². The van der Waals surface area contributed by atoms with Gasteiger partial charge in [0.15, 0.2) is 11.5 Å². The molecule has 0 saturated heterocycles. The topological polar surface area (TPSA) is 63.6 Å². The zero-order valence-corrected chi connectivity index (χ0v) is 10.0. The first kappa shape index (κ1) is 12.4. The molecule has 0 bridgehead atoms. The molecule has 0 aromatic heterocycles.